The van der Waals surface area contributed by atoms with Crippen LogP contribution < -0.4 is 10.6 Å². The molecule has 0 aliphatic carbocycles. The van der Waals surface area contributed by atoms with E-state index in [-0.39, 0.29) is 30.8 Å². The standard InChI is InChI=1S/C28H39N3O5/c1-4-29-28(33)30-23-13-11-22(12-14-23)27-35-25(16-31-15-5-6-24(31)18-34-3)19(2)26(36-27)21-9-7-20(17-32)8-10-21/h7-14,19,24-27,32H,4-6,15-18H2,1-3H3,(H2,29,30,33). The van der Waals surface area contributed by atoms with Gasteiger partial charge in [0.1, 0.15) is 0 Å². The average Bonchev–Trinajstić information content (AvgIpc) is 3.33. The summed E-state index contributed by atoms with van der Waals surface area (Å²) in [6.45, 7) is 7.24. The molecule has 2 aromatic carbocycles. The predicted molar refractivity (Wildman–Crippen MR) is 139 cm³/mol. The first-order chi connectivity index (χ1) is 17.5. The van der Waals surface area contributed by atoms with Crippen molar-refractivity contribution in [3.05, 3.63) is 65.2 Å². The van der Waals surface area contributed by atoms with E-state index in [1.165, 1.54) is 6.42 Å². The van der Waals surface area contributed by atoms with Gasteiger partial charge in [0.05, 0.1) is 25.4 Å². The van der Waals surface area contributed by atoms with E-state index in [0.29, 0.717) is 18.3 Å². The Balaban J connectivity index is 1.55. The van der Waals surface area contributed by atoms with Crippen LogP contribution in [0, 0.1) is 5.92 Å². The summed E-state index contributed by atoms with van der Waals surface area (Å²) in [6.07, 6.45) is 1.59. The molecule has 2 heterocycles. The van der Waals surface area contributed by atoms with Crippen LogP contribution >= 0.6 is 0 Å². The van der Waals surface area contributed by atoms with Crippen molar-refractivity contribution in [3.63, 3.8) is 0 Å². The smallest absolute Gasteiger partial charge is 0.319 e. The molecule has 0 bridgehead atoms. The molecule has 3 N–H and O–H groups in total. The van der Waals surface area contributed by atoms with Gasteiger partial charge < -0.3 is 30.0 Å². The first-order valence-corrected chi connectivity index (χ1v) is 12.9. The van der Waals surface area contributed by atoms with Crippen molar-refractivity contribution in [2.45, 2.75) is 57.8 Å². The molecule has 196 valence electrons. The molecule has 8 heteroatoms. The summed E-state index contributed by atoms with van der Waals surface area (Å²) in [5.74, 6) is 0.128. The number of nitrogens with zero attached hydrogens (tertiary/aromatic N) is 1. The quantitative estimate of drug-likeness (QED) is 0.480. The van der Waals surface area contributed by atoms with Gasteiger partial charge in [-0.05, 0) is 49.6 Å². The van der Waals surface area contributed by atoms with E-state index in [4.69, 9.17) is 14.2 Å². The Labute approximate surface area is 213 Å². The van der Waals surface area contributed by atoms with E-state index >= 15 is 0 Å². The molecule has 5 atom stereocenters. The van der Waals surface area contributed by atoms with E-state index in [9.17, 15) is 9.90 Å². The van der Waals surface area contributed by atoms with E-state index in [1.54, 1.807) is 7.11 Å². The number of ether oxygens (including phenoxy) is 3. The van der Waals surface area contributed by atoms with Gasteiger partial charge in [0.25, 0.3) is 0 Å². The van der Waals surface area contributed by atoms with Crippen LogP contribution in [0.25, 0.3) is 0 Å². The van der Waals surface area contributed by atoms with Gasteiger partial charge >= 0.3 is 6.03 Å². The third-order valence-corrected chi connectivity index (χ3v) is 7.17. The number of carbonyl (C=O) groups excluding carboxylic acids is 1. The zero-order valence-electron chi connectivity index (χ0n) is 21.5. The number of rotatable bonds is 9. The maximum Gasteiger partial charge on any atom is 0.319 e. The van der Waals surface area contributed by atoms with E-state index in [2.05, 4.69) is 22.5 Å². The molecule has 2 fully saturated rings. The number of aliphatic hydroxyl groups excluding tert-OH is 1. The van der Waals surface area contributed by atoms with Gasteiger partial charge in [0.2, 0.25) is 0 Å². The third kappa shape index (κ3) is 6.44. The number of hydrogen-bond acceptors (Lipinski definition) is 6. The van der Waals surface area contributed by atoms with Crippen molar-refractivity contribution in [2.75, 3.05) is 38.7 Å². The molecule has 2 aliphatic rings. The van der Waals surface area contributed by atoms with Crippen LogP contribution in [0.2, 0.25) is 0 Å². The minimum Gasteiger partial charge on any atom is -0.392 e. The molecule has 0 saturated carbocycles. The zero-order valence-corrected chi connectivity index (χ0v) is 21.5. The molecule has 4 rings (SSSR count). The second-order valence-electron chi connectivity index (χ2n) is 9.67. The lowest BCUT2D eigenvalue weighted by Gasteiger charge is -2.43. The van der Waals surface area contributed by atoms with Crippen molar-refractivity contribution in [1.29, 1.82) is 0 Å². The molecule has 0 radical (unpaired) electrons. The average molecular weight is 498 g/mol. The van der Waals surface area contributed by atoms with Crippen molar-refractivity contribution >= 4 is 11.7 Å². The predicted octanol–water partition coefficient (Wildman–Crippen LogP) is 4.22. The third-order valence-electron chi connectivity index (χ3n) is 7.17. The number of carbonyl (C=O) groups is 1. The van der Waals surface area contributed by atoms with Crippen molar-refractivity contribution < 1.29 is 24.1 Å². The molecule has 2 aromatic rings. The Morgan fingerprint density at radius 2 is 1.83 bits per heavy atom. The van der Waals surface area contributed by atoms with Gasteiger partial charge in [-0.1, -0.05) is 43.3 Å². The molecule has 8 nitrogen and oxygen atoms in total. The lowest BCUT2D eigenvalue weighted by molar-refractivity contribution is -0.276. The fourth-order valence-electron chi connectivity index (χ4n) is 5.14. The molecule has 0 aromatic heterocycles. The lowest BCUT2D eigenvalue weighted by atomic mass is 9.90. The van der Waals surface area contributed by atoms with Gasteiger partial charge in [-0.25, -0.2) is 4.79 Å². The van der Waals surface area contributed by atoms with Gasteiger partial charge in [-0.3, -0.25) is 4.90 Å². The van der Waals surface area contributed by atoms with Crippen molar-refractivity contribution in [2.24, 2.45) is 5.92 Å². The molecule has 0 spiro atoms. The number of amides is 2. The van der Waals surface area contributed by atoms with Crippen LogP contribution in [0.15, 0.2) is 48.5 Å². The van der Waals surface area contributed by atoms with Crippen LogP contribution in [0.4, 0.5) is 10.5 Å². The molecule has 2 amide bonds. The first kappa shape index (κ1) is 26.6. The topological polar surface area (TPSA) is 92.3 Å². The normalized spacial score (nSPS) is 26.6. The fourth-order valence-corrected chi connectivity index (χ4v) is 5.14. The maximum absolute atomic E-state index is 11.9. The van der Waals surface area contributed by atoms with Crippen LogP contribution in [-0.2, 0) is 20.8 Å². The highest BCUT2D eigenvalue weighted by Crippen LogP contribution is 2.42. The van der Waals surface area contributed by atoms with Gasteiger partial charge in [0.15, 0.2) is 6.29 Å². The largest absolute Gasteiger partial charge is 0.392 e. The van der Waals surface area contributed by atoms with Gasteiger partial charge in [-0.15, -0.1) is 0 Å². The van der Waals surface area contributed by atoms with Gasteiger partial charge in [-0.2, -0.15) is 0 Å². The summed E-state index contributed by atoms with van der Waals surface area (Å²) in [5, 5.41) is 15.0. The highest BCUT2D eigenvalue weighted by atomic mass is 16.7. The van der Waals surface area contributed by atoms with Crippen LogP contribution in [0.3, 0.4) is 0 Å². The lowest BCUT2D eigenvalue weighted by Crippen LogP contribution is -2.46. The summed E-state index contributed by atoms with van der Waals surface area (Å²) >= 11 is 0. The van der Waals surface area contributed by atoms with Crippen molar-refractivity contribution in [3.8, 4) is 0 Å². The summed E-state index contributed by atoms with van der Waals surface area (Å²) in [6, 6.07) is 15.8. The number of aliphatic hydroxyl groups is 1. The summed E-state index contributed by atoms with van der Waals surface area (Å²) in [5.41, 5.74) is 3.56. The summed E-state index contributed by atoms with van der Waals surface area (Å²) in [7, 11) is 1.76. The Morgan fingerprint density at radius 3 is 2.50 bits per heavy atom. The summed E-state index contributed by atoms with van der Waals surface area (Å²) < 4.78 is 18.6. The molecular weight excluding hydrogens is 458 g/mol. The second-order valence-corrected chi connectivity index (χ2v) is 9.67. The minimum atomic E-state index is -0.532. The van der Waals surface area contributed by atoms with Crippen LogP contribution in [-0.4, -0.2) is 61.5 Å². The number of urea groups is 1. The number of benzene rings is 2. The molecule has 2 saturated heterocycles. The first-order valence-electron chi connectivity index (χ1n) is 12.9. The Morgan fingerprint density at radius 1 is 1.11 bits per heavy atom. The number of nitrogens with one attached hydrogen (secondary N) is 2. The molecule has 36 heavy (non-hydrogen) atoms. The Bertz CT molecular complexity index is 968. The number of likely N-dealkylation sites (tertiary alicyclic amines) is 1. The summed E-state index contributed by atoms with van der Waals surface area (Å²) in [4.78, 5) is 14.3. The maximum atomic E-state index is 11.9. The minimum absolute atomic E-state index is 0.0161. The monoisotopic (exact) mass is 497 g/mol. The second kappa shape index (κ2) is 12.7. The van der Waals surface area contributed by atoms with Crippen molar-refractivity contribution in [1.82, 2.24) is 10.2 Å². The zero-order chi connectivity index (χ0) is 25.5. The van der Waals surface area contributed by atoms with E-state index < -0.39 is 6.29 Å². The number of anilines is 1. The number of methoxy groups -OCH3 is 1. The highest BCUT2D eigenvalue weighted by molar-refractivity contribution is 5.89. The Hall–Kier alpha value is -2.49. The van der Waals surface area contributed by atoms with E-state index in [1.807, 2.05) is 55.5 Å². The molecule has 2 aliphatic heterocycles. The number of hydrogen-bond donors (Lipinski definition) is 3. The van der Waals surface area contributed by atoms with E-state index in [0.717, 1.165) is 42.8 Å². The Kier molecular flexibility index (Phi) is 9.34. The van der Waals surface area contributed by atoms with Gasteiger partial charge in [0, 0.05) is 43.4 Å². The fraction of sp³-hybridized carbons (Fsp3) is 0.536. The highest BCUT2D eigenvalue weighted by Gasteiger charge is 2.40. The van der Waals surface area contributed by atoms with Crippen LogP contribution in [0.1, 0.15) is 55.8 Å². The molecular formula is C28H39N3O5. The SMILES string of the molecule is CCNC(=O)Nc1ccc(C2OC(CN3CCCC3COC)C(C)C(c3ccc(CO)cc3)O2)cc1. The molecule has 5 unspecified atom stereocenters. The van der Waals surface area contributed by atoms with Crippen LogP contribution in [0.5, 0.6) is 0 Å².